The fourth-order valence-corrected chi connectivity index (χ4v) is 4.84. The van der Waals surface area contributed by atoms with E-state index in [0.29, 0.717) is 0 Å². The molecular formula is C28H30N2O5. The summed E-state index contributed by atoms with van der Waals surface area (Å²) in [5.74, 6) is 4.22. The van der Waals surface area contributed by atoms with Gasteiger partial charge in [0, 0.05) is 18.4 Å². The van der Waals surface area contributed by atoms with Gasteiger partial charge in [-0.15, -0.1) is 11.8 Å². The lowest BCUT2D eigenvalue weighted by molar-refractivity contribution is -0.138. The number of aliphatic carboxylic acids is 1. The predicted octanol–water partition coefficient (Wildman–Crippen LogP) is 4.07. The van der Waals surface area contributed by atoms with Crippen molar-refractivity contribution in [1.29, 1.82) is 0 Å². The van der Waals surface area contributed by atoms with E-state index in [1.807, 2.05) is 36.4 Å². The first-order valence-electron chi connectivity index (χ1n) is 12.0. The largest absolute Gasteiger partial charge is 0.481 e. The summed E-state index contributed by atoms with van der Waals surface area (Å²) in [6, 6.07) is 14.7. The van der Waals surface area contributed by atoms with Crippen molar-refractivity contribution in [3.63, 3.8) is 0 Å². The topological polar surface area (TPSA) is 105 Å². The molecule has 182 valence electrons. The van der Waals surface area contributed by atoms with E-state index in [-0.39, 0.29) is 31.3 Å². The standard InChI is InChI=1S/C28H30N2O5/c1-2-3-15-24(27(33)29-25(16-26(31)32)18-9-8-10-18)30-28(34)35-17-23-21-13-6-4-11-19(21)20-12-5-7-14-22(20)23/h4-7,11-14,18,23-25H,8-10,15-17H2,1H3,(H,29,33)(H,30,34)(H,31,32). The highest BCUT2D eigenvalue weighted by molar-refractivity contribution is 5.86. The molecule has 2 unspecified atom stereocenters. The Hall–Kier alpha value is -3.79. The zero-order valence-corrected chi connectivity index (χ0v) is 19.8. The van der Waals surface area contributed by atoms with Crippen LogP contribution in [0.25, 0.3) is 11.1 Å². The Morgan fingerprint density at radius 3 is 2.20 bits per heavy atom. The summed E-state index contributed by atoms with van der Waals surface area (Å²) < 4.78 is 5.58. The van der Waals surface area contributed by atoms with Crippen LogP contribution in [0.2, 0.25) is 0 Å². The maximum absolute atomic E-state index is 13.0. The van der Waals surface area contributed by atoms with Crippen LogP contribution in [-0.2, 0) is 14.3 Å². The zero-order chi connectivity index (χ0) is 24.8. The van der Waals surface area contributed by atoms with Gasteiger partial charge in [-0.25, -0.2) is 4.79 Å². The number of carboxylic acids is 1. The van der Waals surface area contributed by atoms with Crippen LogP contribution in [0.4, 0.5) is 4.79 Å². The second kappa shape index (κ2) is 11.1. The molecule has 4 rings (SSSR count). The average molecular weight is 475 g/mol. The Morgan fingerprint density at radius 2 is 1.66 bits per heavy atom. The molecule has 0 heterocycles. The van der Waals surface area contributed by atoms with Crippen molar-refractivity contribution in [3.05, 3.63) is 59.7 Å². The quantitative estimate of drug-likeness (QED) is 0.475. The van der Waals surface area contributed by atoms with Crippen molar-refractivity contribution in [2.45, 2.75) is 57.0 Å². The van der Waals surface area contributed by atoms with Gasteiger partial charge in [0.15, 0.2) is 0 Å². The molecule has 3 N–H and O–H groups in total. The van der Waals surface area contributed by atoms with E-state index in [0.717, 1.165) is 41.5 Å². The normalized spacial score (nSPS) is 15.9. The number of nitrogens with one attached hydrogen (secondary N) is 2. The third-order valence-corrected chi connectivity index (χ3v) is 6.88. The van der Waals surface area contributed by atoms with Gasteiger partial charge in [-0.3, -0.25) is 9.59 Å². The molecule has 1 saturated carbocycles. The lowest BCUT2D eigenvalue weighted by atomic mass is 9.78. The lowest BCUT2D eigenvalue weighted by Gasteiger charge is -2.34. The van der Waals surface area contributed by atoms with Crippen LogP contribution in [0.3, 0.4) is 0 Å². The molecule has 0 aromatic heterocycles. The number of ether oxygens (including phenoxy) is 1. The Kier molecular flexibility index (Phi) is 7.71. The van der Waals surface area contributed by atoms with E-state index >= 15 is 0 Å². The van der Waals surface area contributed by atoms with Crippen molar-refractivity contribution in [1.82, 2.24) is 10.6 Å². The molecule has 2 aromatic carbocycles. The van der Waals surface area contributed by atoms with E-state index in [1.54, 1.807) is 6.92 Å². The summed E-state index contributed by atoms with van der Waals surface area (Å²) in [4.78, 5) is 37.0. The van der Waals surface area contributed by atoms with Gasteiger partial charge in [-0.1, -0.05) is 55.0 Å². The van der Waals surface area contributed by atoms with Gasteiger partial charge in [-0.05, 0) is 47.9 Å². The third kappa shape index (κ3) is 5.65. The molecule has 0 radical (unpaired) electrons. The summed E-state index contributed by atoms with van der Waals surface area (Å²) in [6.07, 6.45) is 2.06. The smallest absolute Gasteiger partial charge is 0.407 e. The molecule has 0 saturated heterocycles. The first kappa shape index (κ1) is 24.3. The van der Waals surface area contributed by atoms with E-state index in [4.69, 9.17) is 4.74 Å². The highest BCUT2D eigenvalue weighted by atomic mass is 16.5. The van der Waals surface area contributed by atoms with Crippen molar-refractivity contribution in [2.75, 3.05) is 6.61 Å². The molecule has 35 heavy (non-hydrogen) atoms. The molecule has 2 atom stereocenters. The fraction of sp³-hybridized carbons (Fsp3) is 0.393. The number of rotatable bonds is 9. The van der Waals surface area contributed by atoms with Crippen molar-refractivity contribution in [2.24, 2.45) is 5.92 Å². The van der Waals surface area contributed by atoms with Gasteiger partial charge in [0.1, 0.15) is 12.6 Å². The van der Waals surface area contributed by atoms with Crippen molar-refractivity contribution >= 4 is 18.0 Å². The Bertz CT molecular complexity index is 1120. The molecule has 7 heteroatoms. The zero-order valence-electron chi connectivity index (χ0n) is 19.8. The highest BCUT2D eigenvalue weighted by Gasteiger charge is 2.33. The minimum absolute atomic E-state index is 0.0885. The molecule has 0 aliphatic heterocycles. The molecule has 2 aliphatic carbocycles. The number of carbonyl (C=O) groups is 3. The predicted molar refractivity (Wildman–Crippen MR) is 132 cm³/mol. The van der Waals surface area contributed by atoms with Gasteiger partial charge in [0.05, 0.1) is 6.42 Å². The van der Waals surface area contributed by atoms with Crippen LogP contribution in [0.5, 0.6) is 0 Å². The Morgan fingerprint density at radius 1 is 1.03 bits per heavy atom. The number of fused-ring (bicyclic) bond motifs is 3. The van der Waals surface area contributed by atoms with Gasteiger partial charge < -0.3 is 20.5 Å². The number of carboxylic acid groups (broad SMARTS) is 1. The van der Waals surface area contributed by atoms with E-state index in [2.05, 4.69) is 34.6 Å². The number of amides is 2. The maximum atomic E-state index is 13.0. The van der Waals surface area contributed by atoms with Gasteiger partial charge in [-0.2, -0.15) is 0 Å². The summed E-state index contributed by atoms with van der Waals surface area (Å²) >= 11 is 0. The molecule has 2 amide bonds. The van der Waals surface area contributed by atoms with E-state index < -0.39 is 30.1 Å². The van der Waals surface area contributed by atoms with E-state index in [9.17, 15) is 19.5 Å². The molecule has 0 spiro atoms. The summed E-state index contributed by atoms with van der Waals surface area (Å²) in [5, 5.41) is 14.7. The second-order valence-corrected chi connectivity index (χ2v) is 9.06. The Balaban J connectivity index is 1.40. The van der Waals surface area contributed by atoms with E-state index in [1.165, 1.54) is 0 Å². The molecule has 7 nitrogen and oxygen atoms in total. The first-order chi connectivity index (χ1) is 17.0. The highest BCUT2D eigenvalue weighted by Crippen LogP contribution is 2.44. The van der Waals surface area contributed by atoms with Crippen LogP contribution in [0.15, 0.2) is 48.5 Å². The third-order valence-electron chi connectivity index (χ3n) is 6.88. The second-order valence-electron chi connectivity index (χ2n) is 9.06. The lowest BCUT2D eigenvalue weighted by Crippen LogP contribution is -2.52. The molecule has 2 aromatic rings. The van der Waals surface area contributed by atoms with Crippen LogP contribution in [0, 0.1) is 17.8 Å². The number of hydrogen-bond acceptors (Lipinski definition) is 4. The number of benzene rings is 2. The summed E-state index contributed by atoms with van der Waals surface area (Å²) in [6.45, 7) is 1.79. The molecular weight excluding hydrogens is 444 g/mol. The summed E-state index contributed by atoms with van der Waals surface area (Å²) in [7, 11) is 0. The molecule has 2 aliphatic rings. The number of carbonyl (C=O) groups excluding carboxylic acids is 2. The Labute approximate surface area is 205 Å². The van der Waals surface area contributed by atoms with Gasteiger partial charge in [0.25, 0.3) is 0 Å². The number of alkyl carbamates (subject to hydrolysis) is 1. The number of hydrogen-bond donors (Lipinski definition) is 3. The van der Waals surface area contributed by atoms with Crippen LogP contribution in [-0.4, -0.2) is 41.8 Å². The SMILES string of the molecule is CC#CCC(NC(=O)OCC1c2ccccc2-c2ccccc21)C(=O)NC(CC(=O)O)C1CCC1. The van der Waals surface area contributed by atoms with Crippen molar-refractivity contribution in [3.8, 4) is 23.0 Å². The van der Waals surface area contributed by atoms with Crippen LogP contribution < -0.4 is 10.6 Å². The van der Waals surface area contributed by atoms with Gasteiger partial charge in [0.2, 0.25) is 5.91 Å². The van der Waals surface area contributed by atoms with Gasteiger partial charge >= 0.3 is 12.1 Å². The molecule has 1 fully saturated rings. The van der Waals surface area contributed by atoms with Crippen LogP contribution >= 0.6 is 0 Å². The average Bonchev–Trinajstić information content (AvgIpc) is 3.12. The maximum Gasteiger partial charge on any atom is 0.407 e. The minimum Gasteiger partial charge on any atom is -0.481 e. The molecule has 0 bridgehead atoms. The first-order valence-corrected chi connectivity index (χ1v) is 12.0. The summed E-state index contributed by atoms with van der Waals surface area (Å²) in [5.41, 5.74) is 4.47. The van der Waals surface area contributed by atoms with Crippen molar-refractivity contribution < 1.29 is 24.2 Å². The van der Waals surface area contributed by atoms with Crippen LogP contribution in [0.1, 0.15) is 56.1 Å². The monoisotopic (exact) mass is 474 g/mol. The fourth-order valence-electron chi connectivity index (χ4n) is 4.84. The minimum atomic E-state index is -0.961.